The molecule has 0 bridgehead atoms. The molecule has 0 fully saturated rings. The van der Waals surface area contributed by atoms with Crippen LogP contribution in [0.15, 0.2) is 47.7 Å². The number of pyridine rings is 1. The van der Waals surface area contributed by atoms with Gasteiger partial charge in [0.1, 0.15) is 12.2 Å². The van der Waals surface area contributed by atoms with Crippen LogP contribution >= 0.6 is 0 Å². The van der Waals surface area contributed by atoms with E-state index in [4.69, 9.17) is 0 Å². The summed E-state index contributed by atoms with van der Waals surface area (Å²) < 4.78 is 4.31. The number of imidazole rings is 1. The summed E-state index contributed by atoms with van der Waals surface area (Å²) in [4.78, 5) is 28.5. The maximum Gasteiger partial charge on any atom is 0.350 e. The third-order valence-electron chi connectivity index (χ3n) is 3.69. The summed E-state index contributed by atoms with van der Waals surface area (Å²) in [5, 5.41) is 13.6. The van der Waals surface area contributed by atoms with Gasteiger partial charge in [0.15, 0.2) is 17.3 Å². The van der Waals surface area contributed by atoms with E-state index in [9.17, 15) is 9.59 Å². The molecule has 0 aliphatic rings. The summed E-state index contributed by atoms with van der Waals surface area (Å²) >= 11 is 0. The average molecular weight is 338 g/mol. The second-order valence-electron chi connectivity index (χ2n) is 5.45. The van der Waals surface area contributed by atoms with E-state index < -0.39 is 5.91 Å². The molecule has 0 aliphatic heterocycles. The molecule has 4 heterocycles. The van der Waals surface area contributed by atoms with Gasteiger partial charge in [0.25, 0.3) is 0 Å². The number of anilines is 1. The number of carbonyl (C=O) groups is 1. The van der Waals surface area contributed by atoms with Crippen molar-refractivity contribution in [1.82, 2.24) is 33.9 Å². The van der Waals surface area contributed by atoms with Gasteiger partial charge in [-0.05, 0) is 12.1 Å². The van der Waals surface area contributed by atoms with Gasteiger partial charge in [-0.15, -0.1) is 5.10 Å². The van der Waals surface area contributed by atoms with Crippen molar-refractivity contribution < 1.29 is 4.79 Å². The van der Waals surface area contributed by atoms with E-state index in [0.717, 1.165) is 4.68 Å². The monoisotopic (exact) mass is 338 g/mol. The molecule has 0 saturated carbocycles. The number of hydrogen-bond donors (Lipinski definition) is 2. The van der Waals surface area contributed by atoms with E-state index in [2.05, 4.69) is 25.6 Å². The van der Waals surface area contributed by atoms with Crippen LogP contribution in [0.4, 0.5) is 5.82 Å². The summed E-state index contributed by atoms with van der Waals surface area (Å²) in [7, 11) is 1.86. The topological polar surface area (TPSA) is 115 Å². The largest absolute Gasteiger partial charge is 0.350 e. The normalized spacial score (nSPS) is 11.1. The van der Waals surface area contributed by atoms with Crippen LogP contribution in [0.2, 0.25) is 0 Å². The number of nitrogens with zero attached hydrogens (tertiary/aromatic N) is 6. The van der Waals surface area contributed by atoms with Crippen molar-refractivity contribution in [2.24, 2.45) is 7.05 Å². The first-order valence-electron chi connectivity index (χ1n) is 7.49. The molecule has 4 aromatic rings. The highest BCUT2D eigenvalue weighted by molar-refractivity contribution is 5.90. The number of amides is 1. The van der Waals surface area contributed by atoms with Crippen LogP contribution in [0.5, 0.6) is 0 Å². The number of fused-ring (bicyclic) bond motifs is 1. The fraction of sp³-hybridized carbons (Fsp3) is 0.133. The van der Waals surface area contributed by atoms with E-state index in [-0.39, 0.29) is 12.2 Å². The van der Waals surface area contributed by atoms with Crippen molar-refractivity contribution in [2.75, 3.05) is 5.32 Å². The van der Waals surface area contributed by atoms with Crippen molar-refractivity contribution in [3.8, 4) is 11.5 Å². The van der Waals surface area contributed by atoms with Gasteiger partial charge in [0.05, 0.1) is 0 Å². The van der Waals surface area contributed by atoms with Gasteiger partial charge in [0.2, 0.25) is 5.91 Å². The quantitative estimate of drug-likeness (QED) is 0.554. The number of aromatic amines is 1. The van der Waals surface area contributed by atoms with Crippen LogP contribution in [0.1, 0.15) is 0 Å². The molecule has 4 aromatic heterocycles. The van der Waals surface area contributed by atoms with Crippen molar-refractivity contribution in [3.05, 3.63) is 53.3 Å². The number of carbonyl (C=O) groups excluding carboxylic acids is 1. The Balaban J connectivity index is 1.51. The lowest BCUT2D eigenvalue weighted by Crippen LogP contribution is -2.28. The van der Waals surface area contributed by atoms with Gasteiger partial charge in [-0.25, -0.2) is 14.5 Å². The van der Waals surface area contributed by atoms with Crippen molar-refractivity contribution in [3.63, 3.8) is 0 Å². The van der Waals surface area contributed by atoms with Gasteiger partial charge < -0.3 is 9.88 Å². The molecule has 25 heavy (non-hydrogen) atoms. The lowest BCUT2D eigenvalue weighted by molar-refractivity contribution is -0.117. The van der Waals surface area contributed by atoms with E-state index in [1.165, 1.54) is 4.40 Å². The van der Waals surface area contributed by atoms with Crippen molar-refractivity contribution in [2.45, 2.75) is 6.54 Å². The molecule has 0 saturated heterocycles. The SMILES string of the molecule is Cn1ccnc1-c1cc(NC(=O)Cn2nc3ccccn3c2=O)n[nH]1. The third-order valence-corrected chi connectivity index (χ3v) is 3.69. The van der Waals surface area contributed by atoms with Crippen LogP contribution in [-0.4, -0.2) is 39.8 Å². The molecule has 0 unspecified atom stereocenters. The van der Waals surface area contributed by atoms with E-state index in [0.29, 0.717) is 23.0 Å². The standard InChI is InChI=1S/C15H14N8O2/c1-21-7-5-16-14(21)10-8-11(19-18-10)17-13(24)9-23-15(25)22-6-3-2-4-12(22)20-23/h2-8H,9H2,1H3,(H2,17,18,19,24). The van der Waals surface area contributed by atoms with Gasteiger partial charge in [0, 0.05) is 31.7 Å². The molecule has 4 rings (SSSR count). The minimum absolute atomic E-state index is 0.203. The number of hydrogen-bond acceptors (Lipinski definition) is 5. The van der Waals surface area contributed by atoms with Crippen LogP contribution in [-0.2, 0) is 18.4 Å². The minimum atomic E-state index is -0.400. The Labute approximate surface area is 140 Å². The van der Waals surface area contributed by atoms with Gasteiger partial charge in [-0.1, -0.05) is 6.07 Å². The van der Waals surface area contributed by atoms with Crippen molar-refractivity contribution in [1.29, 1.82) is 0 Å². The smallest absolute Gasteiger partial charge is 0.333 e. The Hall–Kier alpha value is -3.69. The molecule has 0 aromatic carbocycles. The zero-order chi connectivity index (χ0) is 17.4. The maximum atomic E-state index is 12.2. The van der Waals surface area contributed by atoms with Crippen LogP contribution in [0.25, 0.3) is 17.2 Å². The fourth-order valence-corrected chi connectivity index (χ4v) is 2.51. The summed E-state index contributed by atoms with van der Waals surface area (Å²) in [5.74, 6) is 0.646. The lowest BCUT2D eigenvalue weighted by Gasteiger charge is -2.00. The number of rotatable bonds is 4. The number of nitrogens with one attached hydrogen (secondary N) is 2. The molecule has 1 amide bonds. The highest BCUT2D eigenvalue weighted by Crippen LogP contribution is 2.16. The Bertz CT molecular complexity index is 1120. The minimum Gasteiger partial charge on any atom is -0.333 e. The Kier molecular flexibility index (Phi) is 3.42. The molecular weight excluding hydrogens is 324 g/mol. The van der Waals surface area contributed by atoms with Crippen LogP contribution in [0.3, 0.4) is 0 Å². The van der Waals surface area contributed by atoms with Crippen LogP contribution < -0.4 is 11.0 Å². The number of aryl methyl sites for hydroxylation is 1. The zero-order valence-corrected chi connectivity index (χ0v) is 13.2. The van der Waals surface area contributed by atoms with Crippen LogP contribution in [0, 0.1) is 0 Å². The molecule has 0 atom stereocenters. The summed E-state index contributed by atoms with van der Waals surface area (Å²) in [6.45, 7) is -0.203. The molecule has 2 N–H and O–H groups in total. The zero-order valence-electron chi connectivity index (χ0n) is 13.2. The highest BCUT2D eigenvalue weighted by atomic mass is 16.2. The molecule has 126 valence electrons. The van der Waals surface area contributed by atoms with Gasteiger partial charge in [-0.3, -0.25) is 14.3 Å². The Morgan fingerprint density at radius 2 is 2.20 bits per heavy atom. The first kappa shape index (κ1) is 14.9. The molecule has 10 nitrogen and oxygen atoms in total. The summed E-state index contributed by atoms with van der Waals surface area (Å²) in [6.07, 6.45) is 5.08. The predicted octanol–water partition coefficient (Wildman–Crippen LogP) is 0.258. The first-order chi connectivity index (χ1) is 12.1. The van der Waals surface area contributed by atoms with E-state index in [1.54, 1.807) is 36.7 Å². The third kappa shape index (κ3) is 2.69. The lowest BCUT2D eigenvalue weighted by atomic mass is 10.4. The van der Waals surface area contributed by atoms with Gasteiger partial charge in [-0.2, -0.15) is 5.10 Å². The van der Waals surface area contributed by atoms with E-state index in [1.807, 2.05) is 17.8 Å². The van der Waals surface area contributed by atoms with Crippen molar-refractivity contribution >= 4 is 17.4 Å². The summed E-state index contributed by atoms with van der Waals surface area (Å²) in [5.41, 5.74) is 0.784. The highest BCUT2D eigenvalue weighted by Gasteiger charge is 2.13. The predicted molar refractivity (Wildman–Crippen MR) is 88.9 cm³/mol. The van der Waals surface area contributed by atoms with Gasteiger partial charge >= 0.3 is 5.69 Å². The Morgan fingerprint density at radius 3 is 2.96 bits per heavy atom. The second kappa shape index (κ2) is 5.74. The van der Waals surface area contributed by atoms with E-state index >= 15 is 0 Å². The Morgan fingerprint density at radius 1 is 1.32 bits per heavy atom. The second-order valence-corrected chi connectivity index (χ2v) is 5.45. The fourth-order valence-electron chi connectivity index (χ4n) is 2.51. The average Bonchev–Trinajstić information content (AvgIpc) is 3.29. The molecular formula is C15H14N8O2. The summed E-state index contributed by atoms with van der Waals surface area (Å²) in [6, 6.07) is 6.87. The molecule has 0 aliphatic carbocycles. The molecule has 0 spiro atoms. The first-order valence-corrected chi connectivity index (χ1v) is 7.49. The maximum absolute atomic E-state index is 12.2. The number of aromatic nitrogens is 7. The molecule has 0 radical (unpaired) electrons. The molecule has 10 heteroatoms. The number of H-pyrrole nitrogens is 1.